The number of para-hydroxylation sites is 1. The zero-order valence-electron chi connectivity index (χ0n) is 13.6. The zero-order valence-corrected chi connectivity index (χ0v) is 13.6. The molecule has 0 saturated carbocycles. The molecule has 0 aliphatic rings. The molecule has 24 heavy (non-hydrogen) atoms. The molecule has 0 atom stereocenters. The van der Waals surface area contributed by atoms with E-state index in [4.69, 9.17) is 9.84 Å². The van der Waals surface area contributed by atoms with Gasteiger partial charge in [0.15, 0.2) is 0 Å². The van der Waals surface area contributed by atoms with E-state index in [1.807, 2.05) is 32.0 Å². The van der Waals surface area contributed by atoms with Crippen LogP contribution in [-0.2, 0) is 4.79 Å². The van der Waals surface area contributed by atoms with Crippen LogP contribution < -0.4 is 10.1 Å². The fourth-order valence-corrected chi connectivity index (χ4v) is 2.16. The summed E-state index contributed by atoms with van der Waals surface area (Å²) >= 11 is 0. The van der Waals surface area contributed by atoms with Crippen molar-refractivity contribution in [1.29, 1.82) is 0 Å². The second kappa shape index (κ2) is 7.97. The topological polar surface area (TPSA) is 75.6 Å². The summed E-state index contributed by atoms with van der Waals surface area (Å²) in [6.45, 7) is 4.43. The Morgan fingerprint density at radius 1 is 1.21 bits per heavy atom. The van der Waals surface area contributed by atoms with Gasteiger partial charge in [0, 0.05) is 6.08 Å². The Morgan fingerprint density at radius 3 is 2.67 bits per heavy atom. The van der Waals surface area contributed by atoms with Gasteiger partial charge in [-0.2, -0.15) is 0 Å². The number of nitrogens with one attached hydrogen (secondary N) is 1. The monoisotopic (exact) mass is 325 g/mol. The van der Waals surface area contributed by atoms with E-state index in [1.54, 1.807) is 24.3 Å². The van der Waals surface area contributed by atoms with Crippen LogP contribution in [0.15, 0.2) is 48.5 Å². The van der Waals surface area contributed by atoms with Gasteiger partial charge in [-0.05, 0) is 49.2 Å². The van der Waals surface area contributed by atoms with Crippen molar-refractivity contribution in [3.63, 3.8) is 0 Å². The molecule has 2 rings (SSSR count). The second-order valence-corrected chi connectivity index (χ2v) is 5.13. The number of hydrogen-bond donors (Lipinski definition) is 2. The quantitative estimate of drug-likeness (QED) is 0.793. The third-order valence-electron chi connectivity index (χ3n) is 3.35. The number of amides is 1. The normalized spacial score (nSPS) is 10.6. The van der Waals surface area contributed by atoms with Crippen molar-refractivity contribution in [2.45, 2.75) is 13.8 Å². The minimum atomic E-state index is -1.09. The fourth-order valence-electron chi connectivity index (χ4n) is 2.16. The zero-order chi connectivity index (χ0) is 17.5. The number of rotatable bonds is 6. The molecule has 2 aromatic rings. The van der Waals surface area contributed by atoms with Gasteiger partial charge in [-0.3, -0.25) is 4.79 Å². The van der Waals surface area contributed by atoms with Crippen LogP contribution in [0.4, 0.5) is 5.69 Å². The highest BCUT2D eigenvalue weighted by molar-refractivity contribution is 6.06. The molecule has 0 bridgehead atoms. The van der Waals surface area contributed by atoms with Crippen LogP contribution in [0.5, 0.6) is 5.75 Å². The third-order valence-corrected chi connectivity index (χ3v) is 3.35. The molecule has 0 spiro atoms. The van der Waals surface area contributed by atoms with Crippen molar-refractivity contribution in [2.75, 3.05) is 11.9 Å². The summed E-state index contributed by atoms with van der Waals surface area (Å²) in [5, 5.41) is 11.7. The summed E-state index contributed by atoms with van der Waals surface area (Å²) in [6, 6.07) is 11.9. The molecule has 0 aromatic heterocycles. The highest BCUT2D eigenvalue weighted by Crippen LogP contribution is 2.20. The van der Waals surface area contributed by atoms with E-state index in [9.17, 15) is 9.59 Å². The summed E-state index contributed by atoms with van der Waals surface area (Å²) in [6.07, 6.45) is 3.01. The standard InChI is InChI=1S/C19H19NO4/c1-3-24-17-12-14(9-8-13(17)2)10-11-18(21)20-16-7-5-4-6-15(16)19(22)23/h4-12H,3H2,1-2H3,(H,20,21)(H,22,23)/b11-10+. The first kappa shape index (κ1) is 17.3. The SMILES string of the molecule is CCOc1cc(/C=C/C(=O)Nc2ccccc2C(=O)O)ccc1C. The molecule has 0 fully saturated rings. The Kier molecular flexibility index (Phi) is 5.73. The second-order valence-electron chi connectivity index (χ2n) is 5.13. The largest absolute Gasteiger partial charge is 0.494 e. The average molecular weight is 325 g/mol. The Morgan fingerprint density at radius 2 is 1.96 bits per heavy atom. The summed E-state index contributed by atoms with van der Waals surface area (Å²) in [7, 11) is 0. The summed E-state index contributed by atoms with van der Waals surface area (Å²) < 4.78 is 5.52. The number of carboxylic acids is 1. The molecule has 124 valence electrons. The Hall–Kier alpha value is -3.08. The predicted molar refractivity (Wildman–Crippen MR) is 93.4 cm³/mol. The van der Waals surface area contributed by atoms with Crippen LogP contribution >= 0.6 is 0 Å². The Bertz CT molecular complexity index is 781. The van der Waals surface area contributed by atoms with Crippen LogP contribution in [-0.4, -0.2) is 23.6 Å². The van der Waals surface area contributed by atoms with Crippen molar-refractivity contribution in [3.8, 4) is 5.75 Å². The van der Waals surface area contributed by atoms with Gasteiger partial charge in [-0.1, -0.05) is 24.3 Å². The molecular weight excluding hydrogens is 306 g/mol. The number of benzene rings is 2. The van der Waals surface area contributed by atoms with Crippen LogP contribution in [0, 0.1) is 6.92 Å². The van der Waals surface area contributed by atoms with Gasteiger partial charge < -0.3 is 15.2 Å². The Labute approximate surface area is 140 Å². The molecule has 2 aromatic carbocycles. The van der Waals surface area contributed by atoms with Crippen molar-refractivity contribution in [3.05, 3.63) is 65.2 Å². The molecule has 0 unspecified atom stereocenters. The van der Waals surface area contributed by atoms with Gasteiger partial charge >= 0.3 is 5.97 Å². The van der Waals surface area contributed by atoms with E-state index < -0.39 is 11.9 Å². The van der Waals surface area contributed by atoms with Crippen LogP contribution in [0.3, 0.4) is 0 Å². The number of anilines is 1. The summed E-state index contributed by atoms with van der Waals surface area (Å²) in [4.78, 5) is 23.1. The number of carbonyl (C=O) groups excluding carboxylic acids is 1. The van der Waals surface area contributed by atoms with Crippen molar-refractivity contribution >= 4 is 23.6 Å². The first-order valence-electron chi connectivity index (χ1n) is 7.56. The fraction of sp³-hybridized carbons (Fsp3) is 0.158. The minimum Gasteiger partial charge on any atom is -0.494 e. The lowest BCUT2D eigenvalue weighted by Crippen LogP contribution is -2.11. The van der Waals surface area contributed by atoms with E-state index >= 15 is 0 Å². The summed E-state index contributed by atoms with van der Waals surface area (Å²) in [5.74, 6) is -0.715. The molecule has 0 aliphatic heterocycles. The average Bonchev–Trinajstić information content (AvgIpc) is 2.56. The van der Waals surface area contributed by atoms with E-state index in [2.05, 4.69) is 5.32 Å². The molecule has 5 nitrogen and oxygen atoms in total. The van der Waals surface area contributed by atoms with Gasteiger partial charge in [-0.25, -0.2) is 4.79 Å². The first-order valence-corrected chi connectivity index (χ1v) is 7.56. The molecule has 5 heteroatoms. The first-order chi connectivity index (χ1) is 11.5. The van der Waals surface area contributed by atoms with E-state index in [1.165, 1.54) is 12.1 Å². The van der Waals surface area contributed by atoms with Crippen molar-refractivity contribution in [2.24, 2.45) is 0 Å². The molecule has 0 saturated heterocycles. The van der Waals surface area contributed by atoms with E-state index in [0.717, 1.165) is 16.9 Å². The van der Waals surface area contributed by atoms with Crippen molar-refractivity contribution < 1.29 is 19.4 Å². The van der Waals surface area contributed by atoms with E-state index in [0.29, 0.717) is 6.61 Å². The summed E-state index contributed by atoms with van der Waals surface area (Å²) in [5.41, 5.74) is 2.16. The number of aryl methyl sites for hydroxylation is 1. The van der Waals surface area contributed by atoms with Crippen LogP contribution in [0.2, 0.25) is 0 Å². The van der Waals surface area contributed by atoms with Gasteiger partial charge in [-0.15, -0.1) is 0 Å². The Balaban J connectivity index is 2.11. The molecular formula is C19H19NO4. The maximum absolute atomic E-state index is 12.0. The molecule has 0 heterocycles. The highest BCUT2D eigenvalue weighted by Gasteiger charge is 2.10. The number of hydrogen-bond acceptors (Lipinski definition) is 3. The van der Waals surface area contributed by atoms with Gasteiger partial charge in [0.25, 0.3) is 0 Å². The lowest BCUT2D eigenvalue weighted by molar-refractivity contribution is -0.111. The maximum atomic E-state index is 12.0. The number of carbonyl (C=O) groups is 2. The van der Waals surface area contributed by atoms with Gasteiger partial charge in [0.1, 0.15) is 5.75 Å². The number of ether oxygens (including phenoxy) is 1. The minimum absolute atomic E-state index is 0.0493. The van der Waals surface area contributed by atoms with Crippen LogP contribution in [0.25, 0.3) is 6.08 Å². The molecule has 0 radical (unpaired) electrons. The van der Waals surface area contributed by atoms with Crippen LogP contribution in [0.1, 0.15) is 28.4 Å². The smallest absolute Gasteiger partial charge is 0.337 e. The molecule has 1 amide bonds. The highest BCUT2D eigenvalue weighted by atomic mass is 16.5. The molecule has 0 aliphatic carbocycles. The van der Waals surface area contributed by atoms with Gasteiger partial charge in [0.2, 0.25) is 5.91 Å². The number of carboxylic acid groups (broad SMARTS) is 1. The van der Waals surface area contributed by atoms with Gasteiger partial charge in [0.05, 0.1) is 17.9 Å². The third kappa shape index (κ3) is 4.46. The maximum Gasteiger partial charge on any atom is 0.337 e. The van der Waals surface area contributed by atoms with Crippen molar-refractivity contribution in [1.82, 2.24) is 0 Å². The lowest BCUT2D eigenvalue weighted by Gasteiger charge is -2.08. The molecule has 2 N–H and O–H groups in total. The van der Waals surface area contributed by atoms with E-state index in [-0.39, 0.29) is 11.3 Å². The number of aromatic carboxylic acids is 1. The lowest BCUT2D eigenvalue weighted by atomic mass is 10.1. The predicted octanol–water partition coefficient (Wildman–Crippen LogP) is 3.74.